The summed E-state index contributed by atoms with van der Waals surface area (Å²) < 4.78 is 1.02. The molecule has 0 radical (unpaired) electrons. The van der Waals surface area contributed by atoms with Crippen LogP contribution >= 0.6 is 11.3 Å². The minimum atomic E-state index is -0.718. The Balaban J connectivity index is 1.38. The monoisotopic (exact) mass is 404 g/mol. The van der Waals surface area contributed by atoms with Crippen molar-refractivity contribution < 1.29 is 9.59 Å². The van der Waals surface area contributed by atoms with Gasteiger partial charge in [0, 0.05) is 0 Å². The van der Waals surface area contributed by atoms with Crippen molar-refractivity contribution in [2.45, 2.75) is 31.7 Å². The van der Waals surface area contributed by atoms with E-state index in [0.29, 0.717) is 17.8 Å². The molecule has 1 aromatic heterocycles. The molecule has 2 aromatic carbocycles. The Labute approximate surface area is 172 Å². The molecule has 7 heteroatoms. The molecular formula is C22H20N4O2S. The first-order valence-electron chi connectivity index (χ1n) is 9.42. The molecule has 0 unspecified atom stereocenters. The molecule has 6 nitrogen and oxygen atoms in total. The van der Waals surface area contributed by atoms with Gasteiger partial charge in [-0.2, -0.15) is 5.26 Å². The van der Waals surface area contributed by atoms with E-state index in [9.17, 15) is 9.59 Å². The number of hydrogen-bond donors (Lipinski definition) is 2. The molecule has 1 aliphatic carbocycles. The first-order chi connectivity index (χ1) is 14.0. The summed E-state index contributed by atoms with van der Waals surface area (Å²) in [7, 11) is 0. The summed E-state index contributed by atoms with van der Waals surface area (Å²) in [5.74, 6) is -0.607. The van der Waals surface area contributed by atoms with E-state index >= 15 is 0 Å². The molecule has 1 saturated carbocycles. The number of thiazole rings is 1. The van der Waals surface area contributed by atoms with Gasteiger partial charge in [0.2, 0.25) is 11.8 Å². The fourth-order valence-corrected chi connectivity index (χ4v) is 4.00. The van der Waals surface area contributed by atoms with Gasteiger partial charge in [0.1, 0.15) is 10.5 Å². The number of carbonyl (C=O) groups excluding carboxylic acids is 2. The van der Waals surface area contributed by atoms with Crippen LogP contribution in [0.1, 0.15) is 23.4 Å². The maximum atomic E-state index is 12.2. The fourth-order valence-electron chi connectivity index (χ4n) is 3.06. The number of nitrogens with one attached hydrogen (secondary N) is 2. The molecule has 2 amide bonds. The largest absolute Gasteiger partial charge is 0.347 e. The minimum Gasteiger partial charge on any atom is -0.347 e. The molecule has 0 saturated heterocycles. The third-order valence-electron chi connectivity index (χ3n) is 4.92. The van der Waals surface area contributed by atoms with E-state index in [2.05, 4.69) is 58.9 Å². The SMILES string of the molecule is Cc1ccc(-c2ccc3sc(CC(=O)NCC(=O)NC4(C#N)CC4)nc3c2)cc1. The van der Waals surface area contributed by atoms with Gasteiger partial charge in [0.15, 0.2) is 0 Å². The lowest BCUT2D eigenvalue weighted by atomic mass is 10.0. The zero-order valence-corrected chi connectivity index (χ0v) is 16.8. The second kappa shape index (κ2) is 7.64. The Morgan fingerprint density at radius 1 is 1.14 bits per heavy atom. The van der Waals surface area contributed by atoms with Crippen molar-refractivity contribution in [2.75, 3.05) is 6.54 Å². The van der Waals surface area contributed by atoms with Crippen LogP contribution in [0, 0.1) is 18.3 Å². The Hall–Kier alpha value is -3.24. The smallest absolute Gasteiger partial charge is 0.240 e. The van der Waals surface area contributed by atoms with Crippen LogP contribution in [0.2, 0.25) is 0 Å². The molecular weight excluding hydrogens is 384 g/mol. The van der Waals surface area contributed by atoms with Gasteiger partial charge < -0.3 is 10.6 Å². The van der Waals surface area contributed by atoms with Gasteiger partial charge in [0.05, 0.1) is 29.3 Å². The molecule has 1 heterocycles. The van der Waals surface area contributed by atoms with Crippen molar-refractivity contribution in [2.24, 2.45) is 0 Å². The Bertz CT molecular complexity index is 1120. The standard InChI is InChI=1S/C22H20N4O2S/c1-14-2-4-15(5-3-14)16-6-7-18-17(10-16)25-21(29-18)11-19(27)24-12-20(28)26-22(13-23)8-9-22/h2-7,10H,8-9,11-12H2,1H3,(H,24,27)(H,26,28). The van der Waals surface area contributed by atoms with E-state index in [1.807, 2.05) is 12.1 Å². The molecule has 0 bridgehead atoms. The topological polar surface area (TPSA) is 94.9 Å². The zero-order valence-electron chi connectivity index (χ0n) is 16.0. The van der Waals surface area contributed by atoms with Crippen molar-refractivity contribution in [3.8, 4) is 17.2 Å². The average Bonchev–Trinajstić information content (AvgIpc) is 3.36. The first kappa shape index (κ1) is 19.1. The van der Waals surface area contributed by atoms with Gasteiger partial charge in [-0.15, -0.1) is 11.3 Å². The maximum absolute atomic E-state index is 12.2. The van der Waals surface area contributed by atoms with Crippen LogP contribution in [0.15, 0.2) is 42.5 Å². The van der Waals surface area contributed by atoms with E-state index in [4.69, 9.17) is 5.26 Å². The number of fused-ring (bicyclic) bond motifs is 1. The van der Waals surface area contributed by atoms with Gasteiger partial charge in [0.25, 0.3) is 0 Å². The predicted octanol–water partition coefficient (Wildman–Crippen LogP) is 3.10. The number of hydrogen-bond acceptors (Lipinski definition) is 5. The van der Waals surface area contributed by atoms with Gasteiger partial charge in [-0.25, -0.2) is 4.98 Å². The van der Waals surface area contributed by atoms with Gasteiger partial charge in [-0.3, -0.25) is 9.59 Å². The fraction of sp³-hybridized carbons (Fsp3) is 0.273. The van der Waals surface area contributed by atoms with E-state index < -0.39 is 5.54 Å². The lowest BCUT2D eigenvalue weighted by molar-refractivity contribution is -0.126. The molecule has 1 fully saturated rings. The summed E-state index contributed by atoms with van der Waals surface area (Å²) in [6.45, 7) is 1.92. The number of nitrogens with zero attached hydrogens (tertiary/aromatic N) is 2. The molecule has 146 valence electrons. The van der Waals surface area contributed by atoms with Crippen LogP contribution < -0.4 is 10.6 Å². The number of amides is 2. The average molecular weight is 404 g/mol. The second-order valence-corrected chi connectivity index (χ2v) is 8.47. The van der Waals surface area contributed by atoms with Crippen LogP contribution in [0.25, 0.3) is 21.3 Å². The highest BCUT2D eigenvalue weighted by Gasteiger charge is 2.44. The molecule has 2 N–H and O–H groups in total. The summed E-state index contributed by atoms with van der Waals surface area (Å²) in [5, 5.41) is 14.9. The van der Waals surface area contributed by atoms with Gasteiger partial charge in [-0.1, -0.05) is 35.9 Å². The third kappa shape index (κ3) is 4.44. The molecule has 0 spiro atoms. The van der Waals surface area contributed by atoms with Crippen LogP contribution in [-0.2, 0) is 16.0 Å². The number of benzene rings is 2. The van der Waals surface area contributed by atoms with Crippen molar-refractivity contribution in [1.82, 2.24) is 15.6 Å². The van der Waals surface area contributed by atoms with Crippen LogP contribution in [-0.4, -0.2) is 28.9 Å². The van der Waals surface area contributed by atoms with E-state index in [-0.39, 0.29) is 24.8 Å². The summed E-state index contributed by atoms with van der Waals surface area (Å²) in [6.07, 6.45) is 1.45. The second-order valence-electron chi connectivity index (χ2n) is 7.35. The lowest BCUT2D eigenvalue weighted by Crippen LogP contribution is -2.43. The third-order valence-corrected chi connectivity index (χ3v) is 5.95. The molecule has 0 atom stereocenters. The molecule has 4 rings (SSSR count). The molecule has 29 heavy (non-hydrogen) atoms. The zero-order chi connectivity index (χ0) is 20.4. The first-order valence-corrected chi connectivity index (χ1v) is 10.2. The molecule has 3 aromatic rings. The lowest BCUT2D eigenvalue weighted by Gasteiger charge is -2.09. The minimum absolute atomic E-state index is 0.121. The van der Waals surface area contributed by atoms with Gasteiger partial charge in [-0.05, 0) is 43.0 Å². The number of aryl methyl sites for hydroxylation is 1. The van der Waals surface area contributed by atoms with Crippen LogP contribution in [0.4, 0.5) is 0 Å². The van der Waals surface area contributed by atoms with E-state index in [1.165, 1.54) is 16.9 Å². The summed E-state index contributed by atoms with van der Waals surface area (Å²) >= 11 is 1.47. The Morgan fingerprint density at radius 3 is 2.55 bits per heavy atom. The number of nitriles is 1. The Morgan fingerprint density at radius 2 is 1.86 bits per heavy atom. The summed E-state index contributed by atoms with van der Waals surface area (Å²) in [6, 6.07) is 16.5. The van der Waals surface area contributed by atoms with Crippen molar-refractivity contribution >= 4 is 33.4 Å². The highest BCUT2D eigenvalue weighted by molar-refractivity contribution is 7.18. The number of rotatable bonds is 6. The normalized spacial score (nSPS) is 14.2. The van der Waals surface area contributed by atoms with E-state index in [0.717, 1.165) is 21.3 Å². The predicted molar refractivity (Wildman–Crippen MR) is 112 cm³/mol. The quantitative estimate of drug-likeness (QED) is 0.660. The van der Waals surface area contributed by atoms with Crippen LogP contribution in [0.5, 0.6) is 0 Å². The highest BCUT2D eigenvalue weighted by atomic mass is 32.1. The van der Waals surface area contributed by atoms with Crippen molar-refractivity contribution in [1.29, 1.82) is 5.26 Å². The van der Waals surface area contributed by atoms with Gasteiger partial charge >= 0.3 is 0 Å². The van der Waals surface area contributed by atoms with E-state index in [1.54, 1.807) is 0 Å². The van der Waals surface area contributed by atoms with Crippen molar-refractivity contribution in [3.63, 3.8) is 0 Å². The number of carbonyl (C=O) groups is 2. The highest BCUT2D eigenvalue weighted by Crippen LogP contribution is 2.34. The Kier molecular flexibility index (Phi) is 5.03. The molecule has 1 aliphatic rings. The number of aromatic nitrogens is 1. The molecule has 0 aliphatic heterocycles. The van der Waals surface area contributed by atoms with Crippen molar-refractivity contribution in [3.05, 3.63) is 53.0 Å². The summed E-state index contributed by atoms with van der Waals surface area (Å²) in [5.41, 5.74) is 3.57. The maximum Gasteiger partial charge on any atom is 0.240 e. The van der Waals surface area contributed by atoms with Crippen LogP contribution in [0.3, 0.4) is 0 Å². The summed E-state index contributed by atoms with van der Waals surface area (Å²) in [4.78, 5) is 28.6.